The maximum atomic E-state index is 13.7. The Balaban J connectivity index is 1.65. The molecule has 1 N–H and O–H groups in total. The summed E-state index contributed by atoms with van der Waals surface area (Å²) in [5.41, 5.74) is 4.52. The zero-order chi connectivity index (χ0) is 20.5. The van der Waals surface area contributed by atoms with E-state index in [1.165, 1.54) is 17.8 Å². The van der Waals surface area contributed by atoms with Gasteiger partial charge < -0.3 is 5.32 Å². The minimum Gasteiger partial charge on any atom is -0.325 e. The Labute approximate surface area is 171 Å². The van der Waals surface area contributed by atoms with Crippen molar-refractivity contribution in [3.8, 4) is 6.07 Å². The van der Waals surface area contributed by atoms with Gasteiger partial charge in [-0.05, 0) is 55.3 Å². The van der Waals surface area contributed by atoms with Gasteiger partial charge in [-0.25, -0.2) is 9.37 Å². The molecule has 0 aliphatic heterocycles. The lowest BCUT2D eigenvalue weighted by Crippen LogP contribution is -2.14. The second-order valence-electron chi connectivity index (χ2n) is 6.71. The Morgan fingerprint density at radius 1 is 1.21 bits per heavy atom. The average Bonchev–Trinajstić information content (AvgIpc) is 3.08. The monoisotopic (exact) mass is 404 g/mol. The fourth-order valence-electron chi connectivity index (χ4n) is 3.17. The van der Waals surface area contributed by atoms with Crippen molar-refractivity contribution in [1.29, 1.82) is 5.26 Å². The number of hydrogen-bond acceptors (Lipinski definition) is 4. The van der Waals surface area contributed by atoms with Crippen LogP contribution in [-0.2, 0) is 4.79 Å². The van der Waals surface area contributed by atoms with E-state index in [0.717, 1.165) is 21.6 Å². The van der Waals surface area contributed by atoms with Crippen molar-refractivity contribution >= 4 is 40.0 Å². The SMILES string of the molecule is Cc1ccc(NC(=O)CSc2cc(C)c(C#N)c3nc4ccccc4n23)cc1F. The summed E-state index contributed by atoms with van der Waals surface area (Å²) in [4.78, 5) is 17.0. The molecule has 0 atom stereocenters. The number of nitrogens with one attached hydrogen (secondary N) is 1. The summed E-state index contributed by atoms with van der Waals surface area (Å²) in [7, 11) is 0. The molecule has 0 aliphatic rings. The summed E-state index contributed by atoms with van der Waals surface area (Å²) < 4.78 is 15.6. The van der Waals surface area contributed by atoms with Gasteiger partial charge in [-0.15, -0.1) is 0 Å². The molecule has 2 aromatic carbocycles. The van der Waals surface area contributed by atoms with Crippen LogP contribution in [0.3, 0.4) is 0 Å². The summed E-state index contributed by atoms with van der Waals surface area (Å²) in [6.07, 6.45) is 0. The summed E-state index contributed by atoms with van der Waals surface area (Å²) in [5, 5.41) is 13.1. The lowest BCUT2D eigenvalue weighted by molar-refractivity contribution is -0.113. The number of anilines is 1. The average molecular weight is 404 g/mol. The van der Waals surface area contributed by atoms with Crippen molar-refractivity contribution in [2.45, 2.75) is 18.9 Å². The zero-order valence-corrected chi connectivity index (χ0v) is 16.7. The maximum Gasteiger partial charge on any atom is 0.234 e. The minimum atomic E-state index is -0.357. The number of amides is 1. The van der Waals surface area contributed by atoms with Gasteiger partial charge >= 0.3 is 0 Å². The van der Waals surface area contributed by atoms with Crippen LogP contribution < -0.4 is 5.32 Å². The van der Waals surface area contributed by atoms with E-state index in [9.17, 15) is 14.4 Å². The van der Waals surface area contributed by atoms with Crippen molar-refractivity contribution in [3.63, 3.8) is 0 Å². The van der Waals surface area contributed by atoms with Crippen molar-refractivity contribution in [1.82, 2.24) is 9.38 Å². The topological polar surface area (TPSA) is 70.2 Å². The summed E-state index contributed by atoms with van der Waals surface area (Å²) >= 11 is 1.35. The predicted octanol–water partition coefficient (Wildman–Crippen LogP) is 4.85. The first-order chi connectivity index (χ1) is 14.0. The number of carbonyl (C=O) groups excluding carboxylic acids is 1. The fraction of sp³-hybridized carbons (Fsp3) is 0.136. The lowest BCUT2D eigenvalue weighted by atomic mass is 10.2. The van der Waals surface area contributed by atoms with E-state index in [4.69, 9.17) is 0 Å². The number of aryl methyl sites for hydroxylation is 2. The quantitative estimate of drug-likeness (QED) is 0.494. The molecule has 0 fully saturated rings. The smallest absolute Gasteiger partial charge is 0.234 e. The number of thioether (sulfide) groups is 1. The first-order valence-corrected chi connectivity index (χ1v) is 9.96. The Morgan fingerprint density at radius 2 is 2.00 bits per heavy atom. The lowest BCUT2D eigenvalue weighted by Gasteiger charge is -2.10. The Morgan fingerprint density at radius 3 is 2.76 bits per heavy atom. The van der Waals surface area contributed by atoms with Gasteiger partial charge in [0.05, 0.1) is 27.4 Å². The van der Waals surface area contributed by atoms with Crippen molar-refractivity contribution in [2.24, 2.45) is 0 Å². The van der Waals surface area contributed by atoms with E-state index >= 15 is 0 Å². The van der Waals surface area contributed by atoms with Crippen molar-refractivity contribution in [3.05, 3.63) is 71.0 Å². The number of pyridine rings is 1. The van der Waals surface area contributed by atoms with Crippen LogP contribution >= 0.6 is 11.8 Å². The molecule has 0 saturated carbocycles. The molecule has 7 heteroatoms. The number of para-hydroxylation sites is 2. The van der Waals surface area contributed by atoms with Crippen LogP contribution in [0.25, 0.3) is 16.7 Å². The van der Waals surface area contributed by atoms with Crippen LogP contribution in [0.4, 0.5) is 10.1 Å². The predicted molar refractivity (Wildman–Crippen MR) is 113 cm³/mol. The summed E-state index contributed by atoms with van der Waals surface area (Å²) in [6, 6.07) is 16.4. The molecule has 0 spiro atoms. The van der Waals surface area contributed by atoms with E-state index in [1.807, 2.05) is 41.7 Å². The van der Waals surface area contributed by atoms with Crippen LogP contribution in [0.5, 0.6) is 0 Å². The molecule has 0 bridgehead atoms. The molecular weight excluding hydrogens is 387 g/mol. The van der Waals surface area contributed by atoms with E-state index < -0.39 is 0 Å². The van der Waals surface area contributed by atoms with E-state index in [1.54, 1.807) is 19.1 Å². The number of rotatable bonds is 4. The maximum absolute atomic E-state index is 13.7. The van der Waals surface area contributed by atoms with Crippen LogP contribution in [0, 0.1) is 31.0 Å². The Bertz CT molecular complexity index is 1310. The molecule has 29 heavy (non-hydrogen) atoms. The van der Waals surface area contributed by atoms with Crippen LogP contribution in [0.15, 0.2) is 53.6 Å². The first kappa shape index (κ1) is 19.0. The standard InChI is InChI=1S/C22H17FN4OS/c1-13-7-8-15(10-17(13)23)25-20(28)12-29-21-9-14(2)16(11-24)22-26-18-5-3-4-6-19(18)27(21)22/h3-10H,12H2,1-2H3,(H,25,28). The largest absolute Gasteiger partial charge is 0.325 e. The molecule has 1 amide bonds. The highest BCUT2D eigenvalue weighted by molar-refractivity contribution is 7.99. The number of fused-ring (bicyclic) bond motifs is 3. The fourth-order valence-corrected chi connectivity index (χ4v) is 4.09. The van der Waals surface area contributed by atoms with Gasteiger partial charge in [0.15, 0.2) is 5.65 Å². The number of benzene rings is 2. The van der Waals surface area contributed by atoms with Crippen molar-refractivity contribution < 1.29 is 9.18 Å². The van der Waals surface area contributed by atoms with Crippen LogP contribution in [0.2, 0.25) is 0 Å². The number of hydrogen-bond donors (Lipinski definition) is 1. The number of aromatic nitrogens is 2. The number of halogens is 1. The molecule has 5 nitrogen and oxygen atoms in total. The minimum absolute atomic E-state index is 0.141. The van der Waals surface area contributed by atoms with E-state index in [2.05, 4.69) is 16.4 Å². The molecule has 0 saturated heterocycles. The molecule has 0 aliphatic carbocycles. The number of carbonyl (C=O) groups is 1. The molecule has 4 rings (SSSR count). The Kier molecular flexibility index (Phi) is 4.95. The number of nitrogens with zero attached hydrogens (tertiary/aromatic N) is 3. The molecule has 4 aromatic rings. The molecule has 0 radical (unpaired) electrons. The van der Waals surface area contributed by atoms with E-state index in [0.29, 0.717) is 22.5 Å². The van der Waals surface area contributed by atoms with Crippen LogP contribution in [-0.4, -0.2) is 21.0 Å². The Hall–Kier alpha value is -3.37. The van der Waals surface area contributed by atoms with Gasteiger partial charge in [0.2, 0.25) is 5.91 Å². The van der Waals surface area contributed by atoms with Gasteiger partial charge in [-0.1, -0.05) is 30.0 Å². The highest BCUT2D eigenvalue weighted by atomic mass is 32.2. The third-order valence-corrected chi connectivity index (χ3v) is 5.66. The number of nitriles is 1. The van der Waals surface area contributed by atoms with Gasteiger partial charge in [0.25, 0.3) is 0 Å². The highest BCUT2D eigenvalue weighted by Gasteiger charge is 2.16. The molecule has 2 aromatic heterocycles. The normalized spacial score (nSPS) is 11.0. The van der Waals surface area contributed by atoms with Crippen molar-refractivity contribution in [2.75, 3.05) is 11.1 Å². The third kappa shape index (κ3) is 3.55. The van der Waals surface area contributed by atoms with Crippen LogP contribution in [0.1, 0.15) is 16.7 Å². The van der Waals surface area contributed by atoms with Gasteiger partial charge in [-0.3, -0.25) is 9.20 Å². The molecular formula is C22H17FN4OS. The number of imidazole rings is 1. The van der Waals surface area contributed by atoms with Gasteiger partial charge in [-0.2, -0.15) is 5.26 Å². The molecule has 144 valence electrons. The zero-order valence-electron chi connectivity index (χ0n) is 15.9. The second-order valence-corrected chi connectivity index (χ2v) is 7.71. The third-order valence-electron chi connectivity index (χ3n) is 4.66. The first-order valence-electron chi connectivity index (χ1n) is 8.97. The molecule has 2 heterocycles. The highest BCUT2D eigenvalue weighted by Crippen LogP contribution is 2.29. The van der Waals surface area contributed by atoms with Gasteiger partial charge in [0.1, 0.15) is 11.9 Å². The van der Waals surface area contributed by atoms with E-state index in [-0.39, 0.29) is 17.5 Å². The summed E-state index contributed by atoms with van der Waals surface area (Å²) in [6.45, 7) is 3.53. The van der Waals surface area contributed by atoms with Gasteiger partial charge in [0, 0.05) is 5.69 Å². The summed E-state index contributed by atoms with van der Waals surface area (Å²) in [5.74, 6) is -0.454. The second kappa shape index (κ2) is 7.57. The molecule has 0 unspecified atom stereocenters.